The van der Waals surface area contributed by atoms with Crippen molar-refractivity contribution in [1.29, 1.82) is 0 Å². The van der Waals surface area contributed by atoms with Crippen LogP contribution in [0.25, 0.3) is 177 Å². The number of rotatable bonds is 12. The Balaban J connectivity index is 0.689. The van der Waals surface area contributed by atoms with Crippen molar-refractivity contribution < 1.29 is 9.47 Å². The maximum atomic E-state index is 6.72. The van der Waals surface area contributed by atoms with Crippen LogP contribution >= 0.6 is 0 Å². The number of aromatic nitrogens is 4. The number of hydrogen-bond acceptors (Lipinski definition) is 2. The molecule has 0 saturated heterocycles. The number of ether oxygens (including phenoxy) is 2. The molecule has 8 heteroatoms. The van der Waals surface area contributed by atoms with Crippen LogP contribution in [-0.2, 0) is 0 Å². The maximum absolute atomic E-state index is 6.72. The quantitative estimate of drug-likeness (QED) is 0.114. The highest BCUT2D eigenvalue weighted by Gasteiger charge is 2.35. The van der Waals surface area contributed by atoms with E-state index in [-0.39, 0.29) is 13.4 Å². The number of nitrogens with zero attached hydrogens (tertiary/aromatic N) is 4. The fraction of sp³-hybridized carbons (Fsp3) is 0. The van der Waals surface area contributed by atoms with Crippen molar-refractivity contribution in [2.75, 3.05) is 0 Å². The molecule has 23 aromatic rings. The van der Waals surface area contributed by atoms with E-state index >= 15 is 0 Å². The van der Waals surface area contributed by atoms with Crippen molar-refractivity contribution in [3.8, 4) is 113 Å². The van der Waals surface area contributed by atoms with Crippen molar-refractivity contribution >= 4 is 133 Å². The Hall–Kier alpha value is -15.9. The largest absolute Gasteiger partial charge is 0.458 e. The minimum absolute atomic E-state index is 0.0965. The van der Waals surface area contributed by atoms with Gasteiger partial charge in [0.15, 0.2) is 0 Å². The van der Waals surface area contributed by atoms with Crippen molar-refractivity contribution in [3.63, 3.8) is 0 Å². The molecule has 6 nitrogen and oxygen atoms in total. The molecule has 2 aliphatic heterocycles. The zero-order valence-electron chi connectivity index (χ0n) is 66.3. The average molecular weight is 1550 g/mol. The van der Waals surface area contributed by atoms with Gasteiger partial charge in [0, 0.05) is 65.8 Å². The van der Waals surface area contributed by atoms with E-state index in [4.69, 9.17) is 9.47 Å². The molecule has 566 valence electrons. The summed E-state index contributed by atoms with van der Waals surface area (Å²) in [6, 6.07) is 161. The molecule has 122 heavy (non-hydrogen) atoms. The van der Waals surface area contributed by atoms with Crippen LogP contribution in [0, 0.1) is 0 Å². The highest BCUT2D eigenvalue weighted by molar-refractivity contribution is 6.97. The second-order valence-electron chi connectivity index (χ2n) is 32.5. The van der Waals surface area contributed by atoms with Gasteiger partial charge < -0.3 is 27.7 Å². The third-order valence-corrected chi connectivity index (χ3v) is 25.8. The molecule has 0 unspecified atom stereocenters. The molecule has 0 amide bonds. The van der Waals surface area contributed by atoms with Crippen LogP contribution < -0.4 is 42.3 Å². The summed E-state index contributed by atoms with van der Waals surface area (Å²) >= 11 is 0. The van der Waals surface area contributed by atoms with Crippen LogP contribution in [0.15, 0.2) is 437 Å². The molecule has 6 heterocycles. The van der Waals surface area contributed by atoms with E-state index < -0.39 is 0 Å². The van der Waals surface area contributed by atoms with E-state index in [1.807, 2.05) is 0 Å². The summed E-state index contributed by atoms with van der Waals surface area (Å²) in [6.45, 7) is -0.193. The second-order valence-corrected chi connectivity index (χ2v) is 32.5. The number of benzene rings is 19. The van der Waals surface area contributed by atoms with Gasteiger partial charge in [-0.15, -0.1) is 0 Å². The summed E-state index contributed by atoms with van der Waals surface area (Å²) in [5, 5.41) is 9.68. The summed E-state index contributed by atoms with van der Waals surface area (Å²) in [6.07, 6.45) is 0. The Morgan fingerprint density at radius 3 is 0.721 bits per heavy atom. The highest BCUT2D eigenvalue weighted by atomic mass is 16.5. The molecule has 0 fully saturated rings. The van der Waals surface area contributed by atoms with Crippen LogP contribution in [0.2, 0.25) is 0 Å². The third-order valence-electron chi connectivity index (χ3n) is 25.8. The molecular weight excluding hydrogens is 1480 g/mol. The molecule has 0 spiro atoms. The minimum atomic E-state index is -0.0965. The Kier molecular flexibility index (Phi) is 15.8. The molecule has 0 N–H and O–H groups in total. The Labute approximate surface area is 705 Å². The molecule has 4 aromatic heterocycles. The lowest BCUT2D eigenvalue weighted by atomic mass is 9.35. The van der Waals surface area contributed by atoms with Gasteiger partial charge in [0.1, 0.15) is 23.0 Å². The van der Waals surface area contributed by atoms with Crippen LogP contribution in [0.5, 0.6) is 23.0 Å². The summed E-state index contributed by atoms with van der Waals surface area (Å²) in [5.41, 5.74) is 34.1. The van der Waals surface area contributed by atoms with Gasteiger partial charge in [-0.05, 0) is 246 Å². The number of para-hydroxylation sites is 10. The van der Waals surface area contributed by atoms with E-state index in [0.29, 0.717) is 0 Å². The monoisotopic (exact) mass is 1550 g/mol. The van der Waals surface area contributed by atoms with Crippen molar-refractivity contribution in [3.05, 3.63) is 437 Å². The van der Waals surface area contributed by atoms with E-state index in [1.54, 1.807) is 0 Å². The predicted octanol–water partition coefficient (Wildman–Crippen LogP) is 25.3. The molecule has 0 bridgehead atoms. The Morgan fingerprint density at radius 1 is 0.156 bits per heavy atom. The summed E-state index contributed by atoms with van der Waals surface area (Å²) in [7, 11) is 0. The summed E-state index contributed by atoms with van der Waals surface area (Å²) in [4.78, 5) is 0. The average Bonchev–Trinajstić information content (AvgIpc) is 1.62. The van der Waals surface area contributed by atoms with Crippen LogP contribution in [-0.4, -0.2) is 31.7 Å². The second kappa shape index (κ2) is 27.9. The predicted molar refractivity (Wildman–Crippen MR) is 512 cm³/mol. The van der Waals surface area contributed by atoms with Crippen molar-refractivity contribution in [1.82, 2.24) is 18.3 Å². The number of fused-ring (bicyclic) bond motifs is 16. The fourth-order valence-corrected chi connectivity index (χ4v) is 20.4. The molecule has 0 atom stereocenters. The van der Waals surface area contributed by atoms with Crippen molar-refractivity contribution in [2.24, 2.45) is 0 Å². The number of hydrogen-bond donors (Lipinski definition) is 0. The molecule has 0 saturated carbocycles. The normalized spacial score (nSPS) is 12.4. The smallest absolute Gasteiger partial charge is 0.250 e. The lowest BCUT2D eigenvalue weighted by Gasteiger charge is -2.27. The Morgan fingerprint density at radius 2 is 0.402 bits per heavy atom. The first-order chi connectivity index (χ1) is 60.5. The van der Waals surface area contributed by atoms with Crippen molar-refractivity contribution in [2.45, 2.75) is 0 Å². The van der Waals surface area contributed by atoms with Gasteiger partial charge in [0.25, 0.3) is 13.4 Å². The fourth-order valence-electron chi connectivity index (χ4n) is 20.4. The highest BCUT2D eigenvalue weighted by Crippen LogP contribution is 2.47. The van der Waals surface area contributed by atoms with Gasteiger partial charge in [0.2, 0.25) is 0 Å². The lowest BCUT2D eigenvalue weighted by molar-refractivity contribution is 0.487. The van der Waals surface area contributed by atoms with Gasteiger partial charge in [-0.25, -0.2) is 0 Å². The maximum Gasteiger partial charge on any atom is 0.250 e. The molecule has 2 aliphatic rings. The van der Waals surface area contributed by atoms with E-state index in [0.717, 1.165) is 134 Å². The van der Waals surface area contributed by atoms with E-state index in [2.05, 4.69) is 455 Å². The molecular formula is C114H72B2N4O2. The van der Waals surface area contributed by atoms with Gasteiger partial charge in [-0.3, -0.25) is 0 Å². The first-order valence-corrected chi connectivity index (χ1v) is 42.1. The standard InChI is InChI=1S/C114H72B2N4O2/c1-3-33-83(34-4-1)117-103-47-15-7-39-87(103)95-67-73(55-59-107(95)117)75-57-61-109-97(69-75)89-41-9-17-49-105(89)119(109)85-37-25-29-79(65-85)93-71-92(78-28-24-32-82(64-78)116-101-45-13-21-53-113(101)122-114-54-22-14-46-102(114)116)94(72-91(93)77-27-23-31-81(63-77)115-99-43-11-19-51-111(99)121-112-52-20-12-44-100(112)115)80-30-26-38-86(66-80)120-106-50-18-10-42-90(106)98-70-76(58-62-110(98)120)74-56-60-108-96(68-74)88-40-8-16-48-104(88)118(108)84-35-5-2-6-36-84/h1-72H. The minimum Gasteiger partial charge on any atom is -0.458 e. The van der Waals surface area contributed by atoms with Crippen LogP contribution in [0.1, 0.15) is 0 Å². The molecule has 25 rings (SSSR count). The van der Waals surface area contributed by atoms with Gasteiger partial charge in [0.05, 0.1) is 44.1 Å². The summed E-state index contributed by atoms with van der Waals surface area (Å²) in [5.74, 6) is 3.49. The lowest BCUT2D eigenvalue weighted by Crippen LogP contribution is -2.54. The SMILES string of the molecule is c1ccc(-n2c3ccccc3c3cc(-c4ccc5c(c4)c4ccccc4n5-c4cccc(-c5cc(-c6cccc(B7c8ccccc8Oc8ccccc87)c6)c(-c6cccc(-n7c8ccccc8c8cc(-c9ccc%10c(c9)c9ccccc9n%10-c9ccccc9)ccc87)c6)cc5-c5cccc(B6c7ccccc7Oc7ccccc76)c5)c4)ccc32)cc1. The van der Waals surface area contributed by atoms with E-state index in [9.17, 15) is 0 Å². The van der Waals surface area contributed by atoms with E-state index in [1.165, 1.54) is 98.3 Å². The zero-order valence-corrected chi connectivity index (χ0v) is 66.3. The van der Waals surface area contributed by atoms with Gasteiger partial charge in [-0.2, -0.15) is 0 Å². The topological polar surface area (TPSA) is 38.2 Å². The summed E-state index contributed by atoms with van der Waals surface area (Å²) < 4.78 is 23.2. The zero-order chi connectivity index (χ0) is 80.0. The third kappa shape index (κ3) is 11.1. The first kappa shape index (κ1) is 69.3. The van der Waals surface area contributed by atoms with Gasteiger partial charge in [-0.1, -0.05) is 290 Å². The molecule has 0 aliphatic carbocycles. The molecule has 19 aromatic carbocycles. The first-order valence-electron chi connectivity index (χ1n) is 42.1. The van der Waals surface area contributed by atoms with Gasteiger partial charge >= 0.3 is 0 Å². The molecule has 0 radical (unpaired) electrons. The van der Waals surface area contributed by atoms with Crippen LogP contribution in [0.4, 0.5) is 0 Å². The Bertz CT molecular complexity index is 7680. The van der Waals surface area contributed by atoms with Crippen LogP contribution in [0.3, 0.4) is 0 Å².